The molecular weight excluding hydrogens is 446 g/mol. The maximum absolute atomic E-state index is 12.8. The van der Waals surface area contributed by atoms with Crippen LogP contribution in [-0.2, 0) is 0 Å². The first kappa shape index (κ1) is 20.5. The molecule has 3 aromatic carbocycles. The summed E-state index contributed by atoms with van der Waals surface area (Å²) in [5.41, 5.74) is -0.268. The molecule has 0 amide bonds. The maximum atomic E-state index is 12.8. The Morgan fingerprint density at radius 2 is 0.964 bits per heavy atom. The van der Waals surface area contributed by atoms with E-state index in [1.54, 1.807) is 0 Å². The number of rotatable bonds is 4. The van der Waals surface area contributed by atoms with Crippen LogP contribution in [0.4, 0.5) is 0 Å². The number of aromatic hydroxyl groups is 2. The number of halogens is 4. The number of phenolic OH excluding ortho intramolecular Hbond substituents is 2. The molecule has 0 aliphatic carbocycles. The zero-order valence-electron chi connectivity index (χ0n) is 13.8. The van der Waals surface area contributed by atoms with Crippen molar-refractivity contribution in [3.05, 3.63) is 90.9 Å². The molecule has 2 N–H and O–H groups in total. The normalized spacial score (nSPS) is 10.7. The average Bonchev–Trinajstić information content (AvgIpc) is 2.61. The van der Waals surface area contributed by atoms with Gasteiger partial charge in [0.05, 0.1) is 21.2 Å². The second-order valence-corrected chi connectivity index (χ2v) is 7.48. The monoisotopic (exact) mass is 454 g/mol. The number of phenols is 2. The molecule has 0 aromatic heterocycles. The van der Waals surface area contributed by atoms with E-state index >= 15 is 0 Å². The van der Waals surface area contributed by atoms with Crippen LogP contribution < -0.4 is 0 Å². The lowest BCUT2D eigenvalue weighted by Crippen LogP contribution is -2.08. The third-order valence-electron chi connectivity index (χ3n) is 3.95. The minimum absolute atomic E-state index is 0.0787. The average molecular weight is 456 g/mol. The Morgan fingerprint density at radius 3 is 1.32 bits per heavy atom. The fraction of sp³-hybridized carbons (Fsp3) is 0. The van der Waals surface area contributed by atoms with E-state index < -0.39 is 23.1 Å². The topological polar surface area (TPSA) is 74.6 Å². The molecule has 0 bridgehead atoms. The van der Waals surface area contributed by atoms with Crippen molar-refractivity contribution in [1.82, 2.24) is 0 Å². The van der Waals surface area contributed by atoms with Gasteiger partial charge in [-0.3, -0.25) is 9.59 Å². The van der Waals surface area contributed by atoms with E-state index in [0.717, 1.165) is 12.1 Å². The van der Waals surface area contributed by atoms with Gasteiger partial charge < -0.3 is 10.2 Å². The predicted octanol–water partition coefficient (Wildman–Crippen LogP) is 6.17. The second kappa shape index (κ2) is 8.02. The highest BCUT2D eigenvalue weighted by atomic mass is 35.5. The molecule has 0 saturated heterocycles. The fourth-order valence-electron chi connectivity index (χ4n) is 2.58. The molecule has 0 fully saturated rings. The Hall–Kier alpha value is -2.24. The molecule has 0 aliphatic heterocycles. The molecule has 0 heterocycles. The summed E-state index contributed by atoms with van der Waals surface area (Å²) >= 11 is 23.8. The highest BCUT2D eigenvalue weighted by molar-refractivity contribution is 6.38. The Labute approximate surface area is 179 Å². The van der Waals surface area contributed by atoms with Crippen LogP contribution >= 0.6 is 46.4 Å². The zero-order chi connectivity index (χ0) is 20.6. The van der Waals surface area contributed by atoms with Crippen LogP contribution in [-0.4, -0.2) is 21.8 Å². The largest absolute Gasteiger partial charge is 0.507 e. The lowest BCUT2D eigenvalue weighted by molar-refractivity contribution is 0.103. The van der Waals surface area contributed by atoms with Crippen LogP contribution in [0.1, 0.15) is 31.8 Å². The lowest BCUT2D eigenvalue weighted by atomic mass is 9.95. The molecule has 0 unspecified atom stereocenters. The molecule has 3 aromatic rings. The van der Waals surface area contributed by atoms with Crippen molar-refractivity contribution in [3.63, 3.8) is 0 Å². The number of ketones is 2. The van der Waals surface area contributed by atoms with Crippen LogP contribution in [0.25, 0.3) is 0 Å². The Balaban J connectivity index is 2.10. The quantitative estimate of drug-likeness (QED) is 0.461. The maximum Gasteiger partial charge on any atom is 0.198 e. The Kier molecular flexibility index (Phi) is 5.87. The van der Waals surface area contributed by atoms with Crippen molar-refractivity contribution in [2.24, 2.45) is 0 Å². The summed E-state index contributed by atoms with van der Waals surface area (Å²) in [6.07, 6.45) is 0. The van der Waals surface area contributed by atoms with E-state index in [1.807, 2.05) is 0 Å². The van der Waals surface area contributed by atoms with Crippen molar-refractivity contribution in [2.75, 3.05) is 0 Å². The fourth-order valence-corrected chi connectivity index (χ4v) is 3.57. The summed E-state index contributed by atoms with van der Waals surface area (Å²) in [6, 6.07) is 10.5. The first-order valence-electron chi connectivity index (χ1n) is 7.74. The predicted molar refractivity (Wildman–Crippen MR) is 110 cm³/mol. The summed E-state index contributed by atoms with van der Waals surface area (Å²) in [7, 11) is 0. The van der Waals surface area contributed by atoms with Crippen LogP contribution in [0.5, 0.6) is 11.5 Å². The van der Waals surface area contributed by atoms with E-state index in [4.69, 9.17) is 46.4 Å². The van der Waals surface area contributed by atoms with Gasteiger partial charge in [0.1, 0.15) is 11.5 Å². The van der Waals surface area contributed by atoms with Crippen LogP contribution in [0, 0.1) is 0 Å². The first-order valence-corrected chi connectivity index (χ1v) is 9.25. The molecule has 0 saturated carbocycles. The second-order valence-electron chi connectivity index (χ2n) is 5.79. The third kappa shape index (κ3) is 3.96. The molecule has 28 heavy (non-hydrogen) atoms. The molecule has 0 aliphatic rings. The first-order chi connectivity index (χ1) is 13.2. The van der Waals surface area contributed by atoms with E-state index in [-0.39, 0.29) is 32.3 Å². The van der Waals surface area contributed by atoms with Gasteiger partial charge in [-0.2, -0.15) is 0 Å². The number of benzene rings is 3. The van der Waals surface area contributed by atoms with E-state index in [2.05, 4.69) is 0 Å². The van der Waals surface area contributed by atoms with Gasteiger partial charge in [-0.25, -0.2) is 0 Å². The van der Waals surface area contributed by atoms with Crippen molar-refractivity contribution in [1.29, 1.82) is 0 Å². The van der Waals surface area contributed by atoms with E-state index in [0.29, 0.717) is 10.0 Å². The van der Waals surface area contributed by atoms with Gasteiger partial charge >= 0.3 is 0 Å². The SMILES string of the molecule is O=C(c1cc(C(=O)c2ccc(Cl)cc2Cl)c(O)cc1O)c1ccc(Cl)cc1Cl. The van der Waals surface area contributed by atoms with E-state index in [9.17, 15) is 19.8 Å². The van der Waals surface area contributed by atoms with Gasteiger partial charge in [-0.05, 0) is 42.5 Å². The smallest absolute Gasteiger partial charge is 0.198 e. The molecule has 0 spiro atoms. The summed E-state index contributed by atoms with van der Waals surface area (Å²) in [4.78, 5) is 25.6. The summed E-state index contributed by atoms with van der Waals surface area (Å²) in [6.45, 7) is 0. The third-order valence-corrected chi connectivity index (χ3v) is 5.05. The van der Waals surface area contributed by atoms with Gasteiger partial charge in [0.15, 0.2) is 11.6 Å². The number of hydrogen-bond acceptors (Lipinski definition) is 4. The highest BCUT2D eigenvalue weighted by Crippen LogP contribution is 2.34. The molecular formula is C20H10Cl4O4. The van der Waals surface area contributed by atoms with Crippen LogP contribution in [0.3, 0.4) is 0 Å². The minimum Gasteiger partial charge on any atom is -0.507 e. The van der Waals surface area contributed by atoms with Gasteiger partial charge in [-0.15, -0.1) is 0 Å². The lowest BCUT2D eigenvalue weighted by Gasteiger charge is -2.11. The molecule has 142 valence electrons. The van der Waals surface area contributed by atoms with Crippen molar-refractivity contribution in [3.8, 4) is 11.5 Å². The van der Waals surface area contributed by atoms with Crippen molar-refractivity contribution < 1.29 is 19.8 Å². The molecule has 8 heteroatoms. The molecule has 0 atom stereocenters. The Morgan fingerprint density at radius 1 is 0.571 bits per heavy atom. The van der Waals surface area contributed by atoms with Crippen molar-refractivity contribution in [2.45, 2.75) is 0 Å². The van der Waals surface area contributed by atoms with Gasteiger partial charge in [0.25, 0.3) is 0 Å². The van der Waals surface area contributed by atoms with Gasteiger partial charge in [-0.1, -0.05) is 46.4 Å². The van der Waals surface area contributed by atoms with Crippen molar-refractivity contribution >= 4 is 58.0 Å². The van der Waals surface area contributed by atoms with E-state index in [1.165, 1.54) is 36.4 Å². The van der Waals surface area contributed by atoms with Gasteiger partial charge in [0, 0.05) is 27.2 Å². The Bertz CT molecular complexity index is 1040. The van der Waals surface area contributed by atoms with Crippen LogP contribution in [0.15, 0.2) is 48.5 Å². The summed E-state index contributed by atoms with van der Waals surface area (Å²) < 4.78 is 0. The summed E-state index contributed by atoms with van der Waals surface area (Å²) in [5, 5.41) is 21.1. The number of hydrogen-bond donors (Lipinski definition) is 2. The standard InChI is InChI=1S/C20H10Cl4O4/c21-9-1-3-11(15(23)5-9)19(27)13-7-14(18(26)8-17(13)25)20(28)12-4-2-10(22)6-16(12)24/h1-8,25-26H. The zero-order valence-corrected chi connectivity index (χ0v) is 16.9. The minimum atomic E-state index is -0.643. The number of carbonyl (C=O) groups is 2. The molecule has 4 nitrogen and oxygen atoms in total. The molecule has 3 rings (SSSR count). The van der Waals surface area contributed by atoms with Crippen LogP contribution in [0.2, 0.25) is 20.1 Å². The molecule has 0 radical (unpaired) electrons. The highest BCUT2D eigenvalue weighted by Gasteiger charge is 2.23. The van der Waals surface area contributed by atoms with Gasteiger partial charge in [0.2, 0.25) is 0 Å². The summed E-state index contributed by atoms with van der Waals surface area (Å²) in [5.74, 6) is -2.30. The number of carbonyl (C=O) groups excluding carboxylic acids is 2.